The number of rotatable bonds is 0. The molecule has 0 radical (unpaired) electrons. The standard InChI is InChI=1S/C7H9N.CH2O3/c8-6-7-4-2-1-3-5-7;2-1(3)4/h2,4,7H,1,3,5H2;(H2,2,3,4). The van der Waals surface area contributed by atoms with Crippen LogP contribution in [0.4, 0.5) is 4.79 Å². The molecule has 0 aliphatic heterocycles. The number of nitriles is 1. The summed E-state index contributed by atoms with van der Waals surface area (Å²) in [6.07, 6.45) is 5.68. The van der Waals surface area contributed by atoms with Crippen LogP contribution in [0.5, 0.6) is 0 Å². The molecule has 0 aromatic heterocycles. The van der Waals surface area contributed by atoms with Crippen molar-refractivity contribution < 1.29 is 15.0 Å². The van der Waals surface area contributed by atoms with Crippen LogP contribution in [-0.2, 0) is 0 Å². The third kappa shape index (κ3) is 6.62. The van der Waals surface area contributed by atoms with Gasteiger partial charge in [-0.15, -0.1) is 0 Å². The average molecular weight is 169 g/mol. The van der Waals surface area contributed by atoms with Crippen molar-refractivity contribution in [1.29, 1.82) is 5.26 Å². The summed E-state index contributed by atoms with van der Waals surface area (Å²) >= 11 is 0. The first-order valence-corrected chi connectivity index (χ1v) is 3.65. The van der Waals surface area contributed by atoms with Gasteiger partial charge in [0.2, 0.25) is 0 Å². The maximum Gasteiger partial charge on any atom is 0.503 e. The lowest BCUT2D eigenvalue weighted by atomic mass is 9.98. The Morgan fingerprint density at radius 1 is 1.58 bits per heavy atom. The first-order valence-electron chi connectivity index (χ1n) is 3.65. The van der Waals surface area contributed by atoms with Gasteiger partial charge in [-0.25, -0.2) is 4.79 Å². The average Bonchev–Trinajstić information content (AvgIpc) is 2.05. The minimum Gasteiger partial charge on any atom is -0.450 e. The Hall–Kier alpha value is -1.50. The van der Waals surface area contributed by atoms with Crippen LogP contribution in [0.15, 0.2) is 12.2 Å². The van der Waals surface area contributed by atoms with E-state index in [1.54, 1.807) is 0 Å². The Morgan fingerprint density at radius 2 is 2.17 bits per heavy atom. The second-order valence-corrected chi connectivity index (χ2v) is 2.38. The minimum atomic E-state index is -1.83. The molecule has 4 heteroatoms. The van der Waals surface area contributed by atoms with Crippen LogP contribution in [0, 0.1) is 17.2 Å². The highest BCUT2D eigenvalue weighted by Crippen LogP contribution is 2.14. The van der Waals surface area contributed by atoms with E-state index in [9.17, 15) is 0 Å². The lowest BCUT2D eigenvalue weighted by molar-refractivity contribution is 0.137. The Labute approximate surface area is 70.7 Å². The molecular formula is C8H11NO3. The zero-order chi connectivity index (χ0) is 9.40. The van der Waals surface area contributed by atoms with E-state index in [0.717, 1.165) is 12.8 Å². The van der Waals surface area contributed by atoms with Crippen molar-refractivity contribution in [3.63, 3.8) is 0 Å². The van der Waals surface area contributed by atoms with Gasteiger partial charge in [-0.05, 0) is 19.3 Å². The van der Waals surface area contributed by atoms with Crippen molar-refractivity contribution in [2.24, 2.45) is 5.92 Å². The van der Waals surface area contributed by atoms with E-state index >= 15 is 0 Å². The maximum absolute atomic E-state index is 8.56. The molecule has 66 valence electrons. The summed E-state index contributed by atoms with van der Waals surface area (Å²) in [6, 6.07) is 2.22. The molecule has 0 amide bonds. The molecule has 12 heavy (non-hydrogen) atoms. The second-order valence-electron chi connectivity index (χ2n) is 2.38. The maximum atomic E-state index is 8.56. The lowest BCUT2D eigenvalue weighted by Gasteiger charge is -2.05. The summed E-state index contributed by atoms with van der Waals surface area (Å²) in [6.45, 7) is 0. The van der Waals surface area contributed by atoms with Crippen LogP contribution >= 0.6 is 0 Å². The molecule has 0 fully saturated rings. The quantitative estimate of drug-likeness (QED) is 0.544. The fraction of sp³-hybridized carbons (Fsp3) is 0.500. The summed E-state index contributed by atoms with van der Waals surface area (Å²) in [7, 11) is 0. The highest BCUT2D eigenvalue weighted by atomic mass is 16.6. The molecule has 2 N–H and O–H groups in total. The van der Waals surface area contributed by atoms with Crippen molar-refractivity contribution in [2.45, 2.75) is 19.3 Å². The molecule has 0 bridgehead atoms. The highest BCUT2D eigenvalue weighted by molar-refractivity contribution is 5.53. The Kier molecular flexibility index (Phi) is 5.45. The SMILES string of the molecule is N#CC1C=CCCC1.O=C(O)O. The molecule has 1 aliphatic carbocycles. The summed E-state index contributed by atoms with van der Waals surface area (Å²) in [5, 5.41) is 22.3. The monoisotopic (exact) mass is 169 g/mol. The van der Waals surface area contributed by atoms with Crippen LogP contribution in [0.3, 0.4) is 0 Å². The number of allylic oxidation sites excluding steroid dienone is 2. The molecule has 4 nitrogen and oxygen atoms in total. The predicted octanol–water partition coefficient (Wildman–Crippen LogP) is 2.09. The van der Waals surface area contributed by atoms with Crippen molar-refractivity contribution in [1.82, 2.24) is 0 Å². The second kappa shape index (κ2) is 6.23. The third-order valence-electron chi connectivity index (χ3n) is 1.42. The van der Waals surface area contributed by atoms with Gasteiger partial charge in [-0.2, -0.15) is 5.26 Å². The number of hydrogen-bond acceptors (Lipinski definition) is 2. The van der Waals surface area contributed by atoms with Gasteiger partial charge in [-0.3, -0.25) is 0 Å². The summed E-state index contributed by atoms with van der Waals surface area (Å²) < 4.78 is 0. The van der Waals surface area contributed by atoms with E-state index in [1.165, 1.54) is 6.42 Å². The Bertz CT molecular complexity index is 201. The predicted molar refractivity (Wildman–Crippen MR) is 42.7 cm³/mol. The van der Waals surface area contributed by atoms with Crippen molar-refractivity contribution in [3.05, 3.63) is 12.2 Å². The van der Waals surface area contributed by atoms with Gasteiger partial charge in [0.05, 0.1) is 12.0 Å². The molecule has 0 heterocycles. The van der Waals surface area contributed by atoms with Gasteiger partial charge in [0.15, 0.2) is 0 Å². The Morgan fingerprint density at radius 3 is 2.42 bits per heavy atom. The fourth-order valence-corrected chi connectivity index (χ4v) is 0.920. The molecule has 1 rings (SSSR count). The van der Waals surface area contributed by atoms with E-state index in [2.05, 4.69) is 12.1 Å². The smallest absolute Gasteiger partial charge is 0.450 e. The molecule has 1 unspecified atom stereocenters. The molecule has 0 saturated heterocycles. The summed E-state index contributed by atoms with van der Waals surface area (Å²) in [4.78, 5) is 8.56. The van der Waals surface area contributed by atoms with Crippen molar-refractivity contribution in [2.75, 3.05) is 0 Å². The number of carbonyl (C=O) groups is 1. The van der Waals surface area contributed by atoms with Gasteiger partial charge in [-0.1, -0.05) is 12.2 Å². The van der Waals surface area contributed by atoms with E-state index in [-0.39, 0.29) is 5.92 Å². The summed E-state index contributed by atoms with van der Waals surface area (Å²) in [5.41, 5.74) is 0. The van der Waals surface area contributed by atoms with Crippen LogP contribution < -0.4 is 0 Å². The van der Waals surface area contributed by atoms with E-state index in [1.807, 2.05) is 6.08 Å². The van der Waals surface area contributed by atoms with E-state index in [4.69, 9.17) is 20.3 Å². The van der Waals surface area contributed by atoms with Gasteiger partial charge in [0.1, 0.15) is 0 Å². The van der Waals surface area contributed by atoms with Gasteiger partial charge < -0.3 is 10.2 Å². The Balaban J connectivity index is 0.000000261. The third-order valence-corrected chi connectivity index (χ3v) is 1.42. The molecular weight excluding hydrogens is 158 g/mol. The topological polar surface area (TPSA) is 81.3 Å². The molecule has 0 aromatic carbocycles. The van der Waals surface area contributed by atoms with Crippen molar-refractivity contribution in [3.8, 4) is 6.07 Å². The van der Waals surface area contributed by atoms with Crippen LogP contribution in [0.1, 0.15) is 19.3 Å². The summed E-state index contributed by atoms with van der Waals surface area (Å²) in [5.74, 6) is 0.212. The van der Waals surface area contributed by atoms with E-state index in [0.29, 0.717) is 0 Å². The number of nitrogens with zero attached hydrogens (tertiary/aromatic N) is 1. The largest absolute Gasteiger partial charge is 0.503 e. The lowest BCUT2D eigenvalue weighted by Crippen LogP contribution is -1.95. The molecule has 1 aliphatic rings. The van der Waals surface area contributed by atoms with Gasteiger partial charge >= 0.3 is 6.16 Å². The molecule has 0 aromatic rings. The van der Waals surface area contributed by atoms with Gasteiger partial charge in [0.25, 0.3) is 0 Å². The number of hydrogen-bond donors (Lipinski definition) is 2. The van der Waals surface area contributed by atoms with Crippen LogP contribution in [-0.4, -0.2) is 16.4 Å². The molecule has 0 saturated carbocycles. The minimum absolute atomic E-state index is 0.212. The normalized spacial score (nSPS) is 20.1. The van der Waals surface area contributed by atoms with Crippen LogP contribution in [0.2, 0.25) is 0 Å². The van der Waals surface area contributed by atoms with E-state index < -0.39 is 6.16 Å². The van der Waals surface area contributed by atoms with Crippen LogP contribution in [0.25, 0.3) is 0 Å². The number of carboxylic acid groups (broad SMARTS) is 2. The zero-order valence-electron chi connectivity index (χ0n) is 6.60. The first-order chi connectivity index (χ1) is 5.66. The molecule has 0 spiro atoms. The zero-order valence-corrected chi connectivity index (χ0v) is 6.60. The highest BCUT2D eigenvalue weighted by Gasteiger charge is 2.04. The molecule has 1 atom stereocenters. The van der Waals surface area contributed by atoms with Gasteiger partial charge in [0, 0.05) is 0 Å². The first kappa shape index (κ1) is 10.5. The fourth-order valence-electron chi connectivity index (χ4n) is 0.920. The van der Waals surface area contributed by atoms with Crippen molar-refractivity contribution >= 4 is 6.16 Å².